The number of rotatable bonds is 5. The van der Waals surface area contributed by atoms with Gasteiger partial charge in [-0.3, -0.25) is 4.79 Å². The van der Waals surface area contributed by atoms with Crippen LogP contribution in [0.5, 0.6) is 0 Å². The summed E-state index contributed by atoms with van der Waals surface area (Å²) in [6.45, 7) is 3.81. The van der Waals surface area contributed by atoms with Gasteiger partial charge in [-0.1, -0.05) is 23.7 Å². The van der Waals surface area contributed by atoms with Crippen molar-refractivity contribution in [1.82, 2.24) is 10.2 Å². The predicted octanol–water partition coefficient (Wildman–Crippen LogP) is 0.997. The zero-order valence-corrected chi connectivity index (χ0v) is 12.1. The van der Waals surface area contributed by atoms with E-state index in [1.54, 1.807) is 24.3 Å². The molecule has 1 fully saturated rings. The minimum Gasteiger partial charge on any atom is -0.409 e. The minimum atomic E-state index is -0.0990. The first-order chi connectivity index (χ1) is 10.2. The number of amides is 1. The molecule has 1 amide bonds. The van der Waals surface area contributed by atoms with Gasteiger partial charge in [0.05, 0.1) is 0 Å². The Morgan fingerprint density at radius 3 is 2.43 bits per heavy atom. The average Bonchev–Trinajstić information content (AvgIpc) is 2.55. The molecule has 6 heteroatoms. The fourth-order valence-electron chi connectivity index (χ4n) is 2.46. The number of nitrogens with zero attached hydrogens (tertiary/aromatic N) is 2. The molecule has 0 unspecified atom stereocenters. The molecule has 1 heterocycles. The summed E-state index contributed by atoms with van der Waals surface area (Å²) in [6.07, 6.45) is 3.82. The second-order valence-corrected chi connectivity index (χ2v) is 5.22. The first kappa shape index (κ1) is 15.3. The number of benzene rings is 1. The molecule has 0 radical (unpaired) electrons. The molecule has 0 aromatic heterocycles. The minimum absolute atomic E-state index is 0.0343. The van der Waals surface area contributed by atoms with Crippen molar-refractivity contribution in [3.8, 4) is 0 Å². The second-order valence-electron chi connectivity index (χ2n) is 5.22. The number of amidine groups is 1. The van der Waals surface area contributed by atoms with Crippen LogP contribution in [-0.2, 0) is 0 Å². The monoisotopic (exact) mass is 290 g/mol. The number of hydrogen-bond acceptors (Lipinski definition) is 4. The summed E-state index contributed by atoms with van der Waals surface area (Å²) in [6, 6.07) is 6.66. The van der Waals surface area contributed by atoms with Gasteiger partial charge in [0, 0.05) is 24.2 Å². The van der Waals surface area contributed by atoms with Gasteiger partial charge < -0.3 is 21.2 Å². The van der Waals surface area contributed by atoms with E-state index in [-0.39, 0.29) is 11.7 Å². The van der Waals surface area contributed by atoms with Crippen molar-refractivity contribution in [1.29, 1.82) is 0 Å². The van der Waals surface area contributed by atoms with Gasteiger partial charge in [0.1, 0.15) is 0 Å². The van der Waals surface area contributed by atoms with E-state index in [2.05, 4.69) is 15.4 Å². The van der Waals surface area contributed by atoms with Crippen LogP contribution in [0.4, 0.5) is 0 Å². The van der Waals surface area contributed by atoms with E-state index in [0.29, 0.717) is 17.7 Å². The molecule has 1 aromatic carbocycles. The van der Waals surface area contributed by atoms with Crippen LogP contribution >= 0.6 is 0 Å². The SMILES string of the molecule is NC(=NO)c1ccc(C(=O)NCCN2CCCCC2)cc1. The molecule has 4 N–H and O–H groups in total. The summed E-state index contributed by atoms with van der Waals surface area (Å²) in [5, 5.41) is 14.4. The zero-order valence-electron chi connectivity index (χ0n) is 12.1. The lowest BCUT2D eigenvalue weighted by molar-refractivity contribution is 0.0946. The molecule has 0 spiro atoms. The van der Waals surface area contributed by atoms with E-state index in [4.69, 9.17) is 10.9 Å². The van der Waals surface area contributed by atoms with Crippen molar-refractivity contribution in [2.45, 2.75) is 19.3 Å². The standard InChI is InChI=1S/C15H22N4O2/c16-14(18-21)12-4-6-13(7-5-12)15(20)17-8-11-19-9-2-1-3-10-19/h4-7,21H,1-3,8-11H2,(H2,16,18)(H,17,20). The first-order valence-corrected chi connectivity index (χ1v) is 7.29. The average molecular weight is 290 g/mol. The molecule has 6 nitrogen and oxygen atoms in total. The normalized spacial score (nSPS) is 16.7. The predicted molar refractivity (Wildman–Crippen MR) is 81.6 cm³/mol. The van der Waals surface area contributed by atoms with Gasteiger partial charge in [0.2, 0.25) is 0 Å². The van der Waals surface area contributed by atoms with Crippen molar-refractivity contribution < 1.29 is 10.0 Å². The number of likely N-dealkylation sites (tertiary alicyclic amines) is 1. The molecule has 0 aliphatic carbocycles. The van der Waals surface area contributed by atoms with E-state index in [0.717, 1.165) is 19.6 Å². The third kappa shape index (κ3) is 4.46. The lowest BCUT2D eigenvalue weighted by Crippen LogP contribution is -2.37. The van der Waals surface area contributed by atoms with Crippen LogP contribution in [0.25, 0.3) is 0 Å². The molecule has 21 heavy (non-hydrogen) atoms. The van der Waals surface area contributed by atoms with E-state index in [1.165, 1.54) is 19.3 Å². The van der Waals surface area contributed by atoms with Gasteiger partial charge in [0.25, 0.3) is 5.91 Å². The Morgan fingerprint density at radius 1 is 1.19 bits per heavy atom. The summed E-state index contributed by atoms with van der Waals surface area (Å²) < 4.78 is 0. The highest BCUT2D eigenvalue weighted by Gasteiger charge is 2.10. The summed E-state index contributed by atoms with van der Waals surface area (Å²) in [5.41, 5.74) is 6.64. The Kier molecular flexibility index (Phi) is 5.57. The van der Waals surface area contributed by atoms with Crippen LogP contribution in [0.1, 0.15) is 35.2 Å². The summed E-state index contributed by atoms with van der Waals surface area (Å²) in [4.78, 5) is 14.4. The molecule has 0 saturated carbocycles. The fourth-order valence-corrected chi connectivity index (χ4v) is 2.46. The Balaban J connectivity index is 1.80. The largest absolute Gasteiger partial charge is 0.409 e. The van der Waals surface area contributed by atoms with E-state index in [1.807, 2.05) is 0 Å². The molecule has 1 aliphatic rings. The number of carbonyl (C=O) groups is 1. The van der Waals surface area contributed by atoms with E-state index in [9.17, 15) is 4.79 Å². The maximum Gasteiger partial charge on any atom is 0.251 e. The number of hydrogen-bond donors (Lipinski definition) is 3. The van der Waals surface area contributed by atoms with Gasteiger partial charge in [0.15, 0.2) is 5.84 Å². The third-order valence-electron chi connectivity index (χ3n) is 3.71. The van der Waals surface area contributed by atoms with Gasteiger partial charge in [-0.05, 0) is 38.1 Å². The van der Waals surface area contributed by atoms with Crippen molar-refractivity contribution in [3.05, 3.63) is 35.4 Å². The lowest BCUT2D eigenvalue weighted by Gasteiger charge is -2.26. The molecule has 2 rings (SSSR count). The summed E-state index contributed by atoms with van der Waals surface area (Å²) in [7, 11) is 0. The van der Waals surface area contributed by atoms with Crippen molar-refractivity contribution in [3.63, 3.8) is 0 Å². The molecule has 1 saturated heterocycles. The van der Waals surface area contributed by atoms with Crippen LogP contribution in [0.3, 0.4) is 0 Å². The molecule has 1 aromatic rings. The fraction of sp³-hybridized carbons (Fsp3) is 0.467. The van der Waals surface area contributed by atoms with Gasteiger partial charge in [-0.2, -0.15) is 0 Å². The van der Waals surface area contributed by atoms with Crippen LogP contribution in [0, 0.1) is 0 Å². The van der Waals surface area contributed by atoms with Gasteiger partial charge in [-0.15, -0.1) is 0 Å². The zero-order chi connectivity index (χ0) is 15.1. The number of carbonyl (C=O) groups excluding carboxylic acids is 1. The maximum atomic E-state index is 12.0. The molecule has 1 aliphatic heterocycles. The molecular formula is C15H22N4O2. The molecule has 0 atom stereocenters. The molecule has 114 valence electrons. The number of oxime groups is 1. The van der Waals surface area contributed by atoms with Crippen LogP contribution < -0.4 is 11.1 Å². The third-order valence-corrected chi connectivity index (χ3v) is 3.71. The number of nitrogens with two attached hydrogens (primary N) is 1. The highest BCUT2D eigenvalue weighted by atomic mass is 16.4. The topological polar surface area (TPSA) is 91.0 Å². The summed E-state index contributed by atoms with van der Waals surface area (Å²) >= 11 is 0. The van der Waals surface area contributed by atoms with E-state index < -0.39 is 0 Å². The summed E-state index contributed by atoms with van der Waals surface area (Å²) in [5.74, 6) is -0.0647. The molecule has 0 bridgehead atoms. The van der Waals surface area contributed by atoms with Crippen molar-refractivity contribution in [2.75, 3.05) is 26.2 Å². The Morgan fingerprint density at radius 2 is 1.81 bits per heavy atom. The highest BCUT2D eigenvalue weighted by molar-refractivity contribution is 5.99. The highest BCUT2D eigenvalue weighted by Crippen LogP contribution is 2.07. The van der Waals surface area contributed by atoms with Crippen LogP contribution in [-0.4, -0.2) is 48.0 Å². The smallest absolute Gasteiger partial charge is 0.251 e. The number of nitrogens with one attached hydrogen (secondary N) is 1. The second kappa shape index (κ2) is 7.64. The Hall–Kier alpha value is -2.08. The lowest BCUT2D eigenvalue weighted by atomic mass is 10.1. The number of piperidine rings is 1. The first-order valence-electron chi connectivity index (χ1n) is 7.29. The Bertz CT molecular complexity index is 493. The quantitative estimate of drug-likeness (QED) is 0.326. The van der Waals surface area contributed by atoms with E-state index >= 15 is 0 Å². The van der Waals surface area contributed by atoms with Gasteiger partial charge in [-0.25, -0.2) is 0 Å². The van der Waals surface area contributed by atoms with Crippen LogP contribution in [0.2, 0.25) is 0 Å². The van der Waals surface area contributed by atoms with Crippen LogP contribution in [0.15, 0.2) is 29.4 Å². The van der Waals surface area contributed by atoms with Crippen molar-refractivity contribution in [2.24, 2.45) is 10.9 Å². The molecular weight excluding hydrogens is 268 g/mol. The van der Waals surface area contributed by atoms with Gasteiger partial charge >= 0.3 is 0 Å². The van der Waals surface area contributed by atoms with Crippen molar-refractivity contribution >= 4 is 11.7 Å². The maximum absolute atomic E-state index is 12.0. The Labute approximate surface area is 124 Å².